The molecule has 0 radical (unpaired) electrons. The molecule has 2 aromatic heterocycles. The van der Waals surface area contributed by atoms with Crippen LogP contribution in [0.2, 0.25) is 0 Å². The highest BCUT2D eigenvalue weighted by Crippen LogP contribution is 2.24. The fourth-order valence-electron chi connectivity index (χ4n) is 3.60. The van der Waals surface area contributed by atoms with Crippen LogP contribution in [0.4, 0.5) is 0 Å². The maximum atomic E-state index is 12.8. The van der Waals surface area contributed by atoms with Crippen LogP contribution in [0.1, 0.15) is 29.4 Å². The smallest absolute Gasteiger partial charge is 0.260 e. The molecular formula is C22H25N5O3. The van der Waals surface area contributed by atoms with Gasteiger partial charge in [0, 0.05) is 49.7 Å². The molecule has 0 atom stereocenters. The average molecular weight is 407 g/mol. The van der Waals surface area contributed by atoms with Gasteiger partial charge in [0.05, 0.1) is 6.20 Å². The third-order valence-corrected chi connectivity index (χ3v) is 5.12. The average Bonchev–Trinajstić information content (AvgIpc) is 3.14. The predicted molar refractivity (Wildman–Crippen MR) is 110 cm³/mol. The van der Waals surface area contributed by atoms with Crippen molar-refractivity contribution in [1.82, 2.24) is 24.6 Å². The molecule has 0 bridgehead atoms. The number of carbonyl (C=O) groups is 1. The lowest BCUT2D eigenvalue weighted by atomic mass is 10.1. The number of carbonyl (C=O) groups excluding carboxylic acids is 1. The molecule has 156 valence electrons. The number of aryl methyl sites for hydroxylation is 2. The minimum absolute atomic E-state index is 0.0200. The van der Waals surface area contributed by atoms with E-state index in [4.69, 9.17) is 14.6 Å². The van der Waals surface area contributed by atoms with Gasteiger partial charge in [-0.15, -0.1) is 0 Å². The van der Waals surface area contributed by atoms with Gasteiger partial charge in [0.25, 0.3) is 5.91 Å². The molecule has 0 unspecified atom stereocenters. The molecule has 0 N–H and O–H groups in total. The van der Waals surface area contributed by atoms with Crippen molar-refractivity contribution >= 4 is 5.91 Å². The number of benzene rings is 1. The van der Waals surface area contributed by atoms with E-state index < -0.39 is 0 Å². The first-order valence-electron chi connectivity index (χ1n) is 10.1. The Balaban J connectivity index is 1.43. The lowest BCUT2D eigenvalue weighted by molar-refractivity contribution is -0.134. The van der Waals surface area contributed by atoms with Crippen molar-refractivity contribution in [2.24, 2.45) is 0 Å². The molecule has 1 aliphatic rings. The minimum atomic E-state index is -0.0350. The van der Waals surface area contributed by atoms with Crippen molar-refractivity contribution in [2.45, 2.75) is 40.0 Å². The number of amides is 1. The summed E-state index contributed by atoms with van der Waals surface area (Å²) in [6, 6.07) is 7.71. The third-order valence-electron chi connectivity index (χ3n) is 5.12. The second kappa shape index (κ2) is 8.94. The largest absolute Gasteiger partial charge is 0.484 e. The van der Waals surface area contributed by atoms with Crippen LogP contribution in [0.25, 0.3) is 0 Å². The summed E-state index contributed by atoms with van der Waals surface area (Å²) in [5, 5.41) is 4.70. The molecular weight excluding hydrogens is 382 g/mol. The summed E-state index contributed by atoms with van der Waals surface area (Å²) in [6.07, 6.45) is 5.52. The molecule has 1 amide bonds. The molecule has 30 heavy (non-hydrogen) atoms. The summed E-state index contributed by atoms with van der Waals surface area (Å²) in [7, 11) is 0. The van der Waals surface area contributed by atoms with E-state index in [2.05, 4.69) is 16.9 Å². The van der Waals surface area contributed by atoms with E-state index in [-0.39, 0.29) is 19.1 Å². The molecule has 0 spiro atoms. The maximum Gasteiger partial charge on any atom is 0.260 e. The number of nitrogens with zero attached hydrogens (tertiary/aromatic N) is 5. The standard InChI is InChI=1S/C22H25N5O3/c1-3-27-20-7-10-26(22(28)15-29-17-6-4-5-16(2)11-17)13-18(20)19(25-27)14-30-21-12-23-8-9-24-21/h4-6,8-9,11-12H,3,7,10,13-15H2,1-2H3. The Morgan fingerprint density at radius 1 is 1.23 bits per heavy atom. The van der Waals surface area contributed by atoms with Gasteiger partial charge in [-0.25, -0.2) is 4.98 Å². The lowest BCUT2D eigenvalue weighted by Gasteiger charge is -2.28. The first-order valence-corrected chi connectivity index (χ1v) is 10.1. The molecule has 0 saturated carbocycles. The normalized spacial score (nSPS) is 13.1. The Kier molecular flexibility index (Phi) is 5.92. The van der Waals surface area contributed by atoms with Crippen molar-refractivity contribution in [3.8, 4) is 11.6 Å². The second-order valence-electron chi connectivity index (χ2n) is 7.19. The summed E-state index contributed by atoms with van der Waals surface area (Å²) >= 11 is 0. The van der Waals surface area contributed by atoms with Crippen molar-refractivity contribution in [2.75, 3.05) is 13.2 Å². The van der Waals surface area contributed by atoms with E-state index in [0.717, 1.165) is 29.8 Å². The van der Waals surface area contributed by atoms with Crippen LogP contribution in [-0.4, -0.2) is 43.7 Å². The third kappa shape index (κ3) is 4.42. The molecule has 1 aliphatic heterocycles. The van der Waals surface area contributed by atoms with Gasteiger partial charge in [-0.05, 0) is 31.5 Å². The Morgan fingerprint density at radius 2 is 2.13 bits per heavy atom. The highest BCUT2D eigenvalue weighted by Gasteiger charge is 2.27. The van der Waals surface area contributed by atoms with Crippen LogP contribution in [0, 0.1) is 6.92 Å². The maximum absolute atomic E-state index is 12.8. The number of fused-ring (bicyclic) bond motifs is 1. The molecule has 8 nitrogen and oxygen atoms in total. The summed E-state index contributed by atoms with van der Waals surface area (Å²) in [4.78, 5) is 22.7. The van der Waals surface area contributed by atoms with E-state index in [1.807, 2.05) is 40.8 Å². The van der Waals surface area contributed by atoms with Crippen LogP contribution in [0.3, 0.4) is 0 Å². The van der Waals surface area contributed by atoms with Gasteiger partial charge in [-0.2, -0.15) is 5.10 Å². The predicted octanol–water partition coefficient (Wildman–Crippen LogP) is 2.54. The van der Waals surface area contributed by atoms with Gasteiger partial charge in [0.1, 0.15) is 18.1 Å². The second-order valence-corrected chi connectivity index (χ2v) is 7.19. The minimum Gasteiger partial charge on any atom is -0.484 e. The van der Waals surface area contributed by atoms with Crippen molar-refractivity contribution in [1.29, 1.82) is 0 Å². The Morgan fingerprint density at radius 3 is 2.90 bits per heavy atom. The highest BCUT2D eigenvalue weighted by molar-refractivity contribution is 5.78. The van der Waals surface area contributed by atoms with E-state index in [9.17, 15) is 4.79 Å². The molecule has 0 fully saturated rings. The number of hydrogen-bond donors (Lipinski definition) is 0. The Labute approximate surface area is 175 Å². The zero-order chi connectivity index (χ0) is 20.9. The Hall–Kier alpha value is -3.42. The molecule has 3 heterocycles. The summed E-state index contributed by atoms with van der Waals surface area (Å²) in [5.74, 6) is 1.12. The molecule has 3 aromatic rings. The van der Waals surface area contributed by atoms with Gasteiger partial charge in [-0.1, -0.05) is 12.1 Å². The van der Waals surface area contributed by atoms with Gasteiger partial charge < -0.3 is 14.4 Å². The van der Waals surface area contributed by atoms with Crippen LogP contribution in [0.5, 0.6) is 11.6 Å². The van der Waals surface area contributed by atoms with Crippen LogP contribution >= 0.6 is 0 Å². The fraction of sp³-hybridized carbons (Fsp3) is 0.364. The van der Waals surface area contributed by atoms with E-state index in [1.165, 1.54) is 5.69 Å². The molecule has 0 saturated heterocycles. The van der Waals surface area contributed by atoms with E-state index in [1.54, 1.807) is 18.6 Å². The van der Waals surface area contributed by atoms with Crippen molar-refractivity contribution in [3.05, 3.63) is 65.4 Å². The first-order chi connectivity index (χ1) is 14.6. The number of hydrogen-bond acceptors (Lipinski definition) is 6. The lowest BCUT2D eigenvalue weighted by Crippen LogP contribution is -2.39. The van der Waals surface area contributed by atoms with Crippen LogP contribution in [0.15, 0.2) is 42.9 Å². The quantitative estimate of drug-likeness (QED) is 0.599. The van der Waals surface area contributed by atoms with E-state index >= 15 is 0 Å². The van der Waals surface area contributed by atoms with Gasteiger partial charge in [-0.3, -0.25) is 14.5 Å². The van der Waals surface area contributed by atoms with Gasteiger partial charge >= 0.3 is 0 Å². The van der Waals surface area contributed by atoms with Crippen molar-refractivity contribution in [3.63, 3.8) is 0 Å². The molecule has 0 aliphatic carbocycles. The molecule has 8 heteroatoms. The first kappa shape index (κ1) is 19.9. The topological polar surface area (TPSA) is 82.4 Å². The van der Waals surface area contributed by atoms with Crippen molar-refractivity contribution < 1.29 is 14.3 Å². The molecule has 4 rings (SSSR count). The zero-order valence-corrected chi connectivity index (χ0v) is 17.2. The number of ether oxygens (including phenoxy) is 2. The highest BCUT2D eigenvalue weighted by atomic mass is 16.5. The van der Waals surface area contributed by atoms with Crippen LogP contribution < -0.4 is 9.47 Å². The Bertz CT molecular complexity index is 1020. The molecule has 1 aromatic carbocycles. The van der Waals surface area contributed by atoms with Gasteiger partial charge in [0.2, 0.25) is 5.88 Å². The SMILES string of the molecule is CCn1nc(COc2cnccn2)c2c1CCN(C(=O)COc1cccc(C)c1)C2. The number of aromatic nitrogens is 4. The number of rotatable bonds is 7. The van der Waals surface area contributed by atoms with Crippen LogP contribution in [-0.2, 0) is 30.9 Å². The summed E-state index contributed by atoms with van der Waals surface area (Å²) in [5.41, 5.74) is 4.15. The van der Waals surface area contributed by atoms with E-state index in [0.29, 0.717) is 24.7 Å². The summed E-state index contributed by atoms with van der Waals surface area (Å²) < 4.78 is 13.4. The van der Waals surface area contributed by atoms with Gasteiger partial charge in [0.15, 0.2) is 6.61 Å². The fourth-order valence-corrected chi connectivity index (χ4v) is 3.60. The zero-order valence-electron chi connectivity index (χ0n) is 17.2. The summed E-state index contributed by atoms with van der Waals surface area (Å²) in [6.45, 7) is 6.30. The monoisotopic (exact) mass is 407 g/mol.